The van der Waals surface area contributed by atoms with Crippen molar-refractivity contribution in [1.82, 2.24) is 15.0 Å². The van der Waals surface area contributed by atoms with Gasteiger partial charge in [-0.3, -0.25) is 9.69 Å². The molecule has 7 heteroatoms. The van der Waals surface area contributed by atoms with Gasteiger partial charge in [0.2, 0.25) is 17.6 Å². The number of benzene rings is 2. The molecule has 2 aromatic carbocycles. The van der Waals surface area contributed by atoms with E-state index in [0.29, 0.717) is 24.8 Å². The highest BCUT2D eigenvalue weighted by atomic mass is 79.9. The lowest BCUT2D eigenvalue weighted by atomic mass is 9.97. The van der Waals surface area contributed by atoms with Gasteiger partial charge in [-0.05, 0) is 60.4 Å². The molecule has 1 amide bonds. The fraction of sp³-hybridized carbons (Fsp3) is 0.318. The predicted molar refractivity (Wildman–Crippen MR) is 115 cm³/mol. The van der Waals surface area contributed by atoms with Crippen LogP contribution in [-0.4, -0.2) is 34.0 Å². The second kappa shape index (κ2) is 8.88. The Kier molecular flexibility index (Phi) is 6.06. The van der Waals surface area contributed by atoms with Crippen LogP contribution < -0.4 is 5.32 Å². The van der Waals surface area contributed by atoms with Crippen molar-refractivity contribution < 1.29 is 9.32 Å². The number of rotatable bonds is 5. The van der Waals surface area contributed by atoms with Gasteiger partial charge in [0, 0.05) is 16.6 Å². The molecule has 2 heterocycles. The van der Waals surface area contributed by atoms with E-state index in [-0.39, 0.29) is 11.8 Å². The zero-order chi connectivity index (χ0) is 20.2. The molecule has 0 bridgehead atoms. The van der Waals surface area contributed by atoms with Crippen molar-refractivity contribution in [3.63, 3.8) is 0 Å². The van der Waals surface area contributed by atoms with E-state index in [1.165, 1.54) is 0 Å². The van der Waals surface area contributed by atoms with Crippen LogP contribution in [0.3, 0.4) is 0 Å². The zero-order valence-electron chi connectivity index (χ0n) is 16.3. The second-order valence-electron chi connectivity index (χ2n) is 7.42. The Bertz CT molecular complexity index is 1000. The normalized spacial score (nSPS) is 17.2. The Hall–Kier alpha value is -2.51. The number of aromatic nitrogens is 2. The van der Waals surface area contributed by atoms with E-state index in [2.05, 4.69) is 36.3 Å². The van der Waals surface area contributed by atoms with Crippen LogP contribution in [0.2, 0.25) is 0 Å². The van der Waals surface area contributed by atoms with Gasteiger partial charge < -0.3 is 9.84 Å². The van der Waals surface area contributed by atoms with Crippen LogP contribution in [0, 0.1) is 12.8 Å². The highest BCUT2D eigenvalue weighted by molar-refractivity contribution is 9.10. The van der Waals surface area contributed by atoms with Crippen LogP contribution in [0.15, 0.2) is 57.5 Å². The van der Waals surface area contributed by atoms with Gasteiger partial charge in [-0.2, -0.15) is 4.98 Å². The summed E-state index contributed by atoms with van der Waals surface area (Å²) in [7, 11) is 0. The van der Waals surface area contributed by atoms with E-state index in [0.717, 1.165) is 40.7 Å². The Morgan fingerprint density at radius 2 is 2.14 bits per heavy atom. The first-order valence-corrected chi connectivity index (χ1v) is 10.5. The monoisotopic (exact) mass is 454 g/mol. The van der Waals surface area contributed by atoms with Crippen LogP contribution >= 0.6 is 15.9 Å². The number of nitrogens with zero attached hydrogens (tertiary/aromatic N) is 3. The predicted octanol–water partition coefficient (Wildman–Crippen LogP) is 4.66. The molecular weight excluding hydrogens is 432 g/mol. The summed E-state index contributed by atoms with van der Waals surface area (Å²) in [5.41, 5.74) is 2.91. The fourth-order valence-electron chi connectivity index (χ4n) is 3.62. The molecule has 0 saturated carbocycles. The van der Waals surface area contributed by atoms with Crippen LogP contribution in [0.5, 0.6) is 0 Å². The van der Waals surface area contributed by atoms with E-state index >= 15 is 0 Å². The lowest BCUT2D eigenvalue weighted by Gasteiger charge is -2.30. The SMILES string of the molecule is Cc1cccc(-c2noc(CN3CCCC(C(=O)Nc4ccccc4Br)C3)n2)c1. The molecule has 4 rings (SSSR count). The number of amides is 1. The quantitative estimate of drug-likeness (QED) is 0.606. The minimum atomic E-state index is -0.0602. The summed E-state index contributed by atoms with van der Waals surface area (Å²) in [5.74, 6) is 1.17. The van der Waals surface area contributed by atoms with Crippen molar-refractivity contribution >= 4 is 27.5 Å². The van der Waals surface area contributed by atoms with Gasteiger partial charge in [-0.15, -0.1) is 0 Å². The third-order valence-corrected chi connectivity index (χ3v) is 5.80. The summed E-state index contributed by atoms with van der Waals surface area (Å²) >= 11 is 3.48. The minimum absolute atomic E-state index is 0.0487. The number of piperidine rings is 1. The van der Waals surface area contributed by atoms with E-state index < -0.39 is 0 Å². The zero-order valence-corrected chi connectivity index (χ0v) is 17.9. The van der Waals surface area contributed by atoms with Gasteiger partial charge in [0.15, 0.2) is 0 Å². The smallest absolute Gasteiger partial charge is 0.241 e. The summed E-state index contributed by atoms with van der Waals surface area (Å²) in [6.07, 6.45) is 1.85. The Morgan fingerprint density at radius 1 is 1.28 bits per heavy atom. The van der Waals surface area contributed by atoms with Crippen LogP contribution in [0.25, 0.3) is 11.4 Å². The second-order valence-corrected chi connectivity index (χ2v) is 8.28. The maximum atomic E-state index is 12.7. The summed E-state index contributed by atoms with van der Waals surface area (Å²) < 4.78 is 6.34. The summed E-state index contributed by atoms with van der Waals surface area (Å²) in [5, 5.41) is 7.15. The molecule has 150 valence electrons. The fourth-order valence-corrected chi connectivity index (χ4v) is 4.01. The van der Waals surface area contributed by atoms with Gasteiger partial charge in [0.1, 0.15) is 0 Å². The van der Waals surface area contributed by atoms with Crippen LogP contribution in [0.1, 0.15) is 24.3 Å². The molecule has 1 aliphatic rings. The average molecular weight is 455 g/mol. The molecule has 1 aromatic heterocycles. The average Bonchev–Trinajstić information content (AvgIpc) is 3.18. The number of carbonyl (C=O) groups excluding carboxylic acids is 1. The van der Waals surface area contributed by atoms with E-state index in [4.69, 9.17) is 4.52 Å². The highest BCUT2D eigenvalue weighted by Crippen LogP contribution is 2.25. The van der Waals surface area contributed by atoms with Crippen molar-refractivity contribution in [3.8, 4) is 11.4 Å². The largest absolute Gasteiger partial charge is 0.338 e. The maximum absolute atomic E-state index is 12.7. The van der Waals surface area contributed by atoms with Crippen LogP contribution in [-0.2, 0) is 11.3 Å². The molecule has 1 N–H and O–H groups in total. The number of para-hydroxylation sites is 1. The number of halogens is 1. The van der Waals surface area contributed by atoms with Gasteiger partial charge in [-0.1, -0.05) is 41.1 Å². The number of anilines is 1. The van der Waals surface area contributed by atoms with Crippen molar-refractivity contribution in [2.45, 2.75) is 26.3 Å². The van der Waals surface area contributed by atoms with Crippen molar-refractivity contribution in [3.05, 3.63) is 64.5 Å². The molecule has 0 spiro atoms. The molecule has 3 aromatic rings. The molecule has 29 heavy (non-hydrogen) atoms. The lowest BCUT2D eigenvalue weighted by molar-refractivity contribution is -0.121. The third kappa shape index (κ3) is 4.92. The topological polar surface area (TPSA) is 71.3 Å². The van der Waals surface area contributed by atoms with E-state index in [9.17, 15) is 4.79 Å². The van der Waals surface area contributed by atoms with E-state index in [1.807, 2.05) is 55.5 Å². The van der Waals surface area contributed by atoms with Crippen molar-refractivity contribution in [2.75, 3.05) is 18.4 Å². The van der Waals surface area contributed by atoms with Gasteiger partial charge in [-0.25, -0.2) is 0 Å². The number of likely N-dealkylation sites (tertiary alicyclic amines) is 1. The van der Waals surface area contributed by atoms with E-state index in [1.54, 1.807) is 0 Å². The first-order chi connectivity index (χ1) is 14.1. The molecule has 1 atom stereocenters. The summed E-state index contributed by atoms with van der Waals surface area (Å²) in [6, 6.07) is 15.7. The van der Waals surface area contributed by atoms with Gasteiger partial charge in [0.05, 0.1) is 18.2 Å². The minimum Gasteiger partial charge on any atom is -0.338 e. The molecule has 1 unspecified atom stereocenters. The molecule has 6 nitrogen and oxygen atoms in total. The van der Waals surface area contributed by atoms with Crippen molar-refractivity contribution in [2.24, 2.45) is 5.92 Å². The summed E-state index contributed by atoms with van der Waals surface area (Å²) in [4.78, 5) is 19.5. The molecule has 1 saturated heterocycles. The molecule has 1 aliphatic heterocycles. The number of hydrogen-bond acceptors (Lipinski definition) is 5. The molecule has 1 fully saturated rings. The molecule has 0 aliphatic carbocycles. The highest BCUT2D eigenvalue weighted by Gasteiger charge is 2.27. The number of hydrogen-bond donors (Lipinski definition) is 1. The Balaban J connectivity index is 1.38. The molecule has 0 radical (unpaired) electrons. The number of carbonyl (C=O) groups is 1. The first kappa shape index (κ1) is 19.8. The van der Waals surface area contributed by atoms with Crippen LogP contribution in [0.4, 0.5) is 5.69 Å². The number of aryl methyl sites for hydroxylation is 1. The van der Waals surface area contributed by atoms with Gasteiger partial charge in [0.25, 0.3) is 0 Å². The Morgan fingerprint density at radius 3 is 2.97 bits per heavy atom. The standard InChI is InChI=1S/C22H23BrN4O2/c1-15-6-4-7-16(12-15)21-25-20(29-26-21)14-27-11-5-8-17(13-27)22(28)24-19-10-3-2-9-18(19)23/h2-4,6-7,9-10,12,17H,5,8,11,13-14H2,1H3,(H,24,28). The maximum Gasteiger partial charge on any atom is 0.241 e. The Labute approximate surface area is 178 Å². The molecular formula is C22H23BrN4O2. The first-order valence-electron chi connectivity index (χ1n) is 9.76. The number of nitrogens with one attached hydrogen (secondary N) is 1. The lowest BCUT2D eigenvalue weighted by Crippen LogP contribution is -2.40. The summed E-state index contributed by atoms with van der Waals surface area (Å²) in [6.45, 7) is 4.19. The third-order valence-electron chi connectivity index (χ3n) is 5.11. The van der Waals surface area contributed by atoms with Gasteiger partial charge >= 0.3 is 0 Å². The van der Waals surface area contributed by atoms with Crippen molar-refractivity contribution in [1.29, 1.82) is 0 Å².